The van der Waals surface area contributed by atoms with E-state index in [1.165, 1.54) is 0 Å². The van der Waals surface area contributed by atoms with Crippen molar-refractivity contribution >= 4 is 29.0 Å². The van der Waals surface area contributed by atoms with E-state index in [9.17, 15) is 9.90 Å². The third-order valence-electron chi connectivity index (χ3n) is 5.31. The third-order valence-corrected chi connectivity index (χ3v) is 5.63. The second-order valence-electron chi connectivity index (χ2n) is 7.18. The van der Waals surface area contributed by atoms with Gasteiger partial charge in [0.1, 0.15) is 0 Å². The Morgan fingerprint density at radius 1 is 1.26 bits per heavy atom. The number of urea groups is 1. The summed E-state index contributed by atoms with van der Waals surface area (Å²) in [6, 6.07) is 6.33. The van der Waals surface area contributed by atoms with Gasteiger partial charge in [0.05, 0.1) is 16.8 Å². The number of halogens is 1. The number of fused-ring (bicyclic) bond motifs is 2. The number of aliphatic hydroxyl groups is 1. The first kappa shape index (κ1) is 15.1. The number of nitrogens with zero attached hydrogens (tertiary/aromatic N) is 2. The molecule has 124 valence electrons. The van der Waals surface area contributed by atoms with Crippen LogP contribution in [0.3, 0.4) is 0 Å². The maximum Gasteiger partial charge on any atom is 0.322 e. The summed E-state index contributed by atoms with van der Waals surface area (Å²) < 4.78 is 0. The van der Waals surface area contributed by atoms with Gasteiger partial charge in [-0.1, -0.05) is 18.5 Å². The average Bonchev–Trinajstić information content (AvgIpc) is 2.45. The van der Waals surface area contributed by atoms with Gasteiger partial charge >= 0.3 is 6.03 Å². The third kappa shape index (κ3) is 2.66. The SMILES string of the molecule is CC1CC2CC(C1)N2C(=O)Nc1ccc(Cl)c(N2CC(O)C2)c1. The van der Waals surface area contributed by atoms with Crippen LogP contribution in [0.15, 0.2) is 18.2 Å². The molecule has 0 spiro atoms. The molecule has 0 aromatic heterocycles. The lowest BCUT2D eigenvalue weighted by Crippen LogP contribution is -2.63. The van der Waals surface area contributed by atoms with E-state index in [2.05, 4.69) is 12.2 Å². The van der Waals surface area contributed by atoms with E-state index in [0.29, 0.717) is 30.2 Å². The second-order valence-corrected chi connectivity index (χ2v) is 7.59. The summed E-state index contributed by atoms with van der Waals surface area (Å²) >= 11 is 6.24. The number of benzene rings is 1. The zero-order valence-corrected chi connectivity index (χ0v) is 14.0. The minimum atomic E-state index is -0.285. The highest BCUT2D eigenvalue weighted by molar-refractivity contribution is 6.33. The molecule has 4 aliphatic rings. The Labute approximate surface area is 141 Å². The van der Waals surface area contributed by atoms with Crippen LogP contribution in [-0.4, -0.2) is 47.3 Å². The van der Waals surface area contributed by atoms with Gasteiger partial charge in [-0.2, -0.15) is 0 Å². The Bertz CT molecular complexity index is 620. The number of piperidine rings is 1. The normalized spacial score (nSPS) is 29.8. The number of carbonyl (C=O) groups is 1. The van der Waals surface area contributed by atoms with Gasteiger partial charge in [-0.3, -0.25) is 0 Å². The molecule has 3 saturated heterocycles. The van der Waals surface area contributed by atoms with Crippen LogP contribution in [0, 0.1) is 5.92 Å². The standard InChI is InChI=1S/C17H22ClN3O2/c1-10-4-12-7-13(5-10)21(12)17(23)19-11-2-3-15(18)16(6-11)20-8-14(22)9-20/h2-3,6,10,12-14,22H,4-5,7-9H2,1H3,(H,19,23). The molecule has 5 nitrogen and oxygen atoms in total. The number of hydrogen-bond acceptors (Lipinski definition) is 3. The van der Waals surface area contributed by atoms with E-state index in [1.807, 2.05) is 21.9 Å². The fraction of sp³-hybridized carbons (Fsp3) is 0.588. The molecule has 5 rings (SSSR count). The average molecular weight is 336 g/mol. The lowest BCUT2D eigenvalue weighted by Gasteiger charge is -2.54. The number of β-amino-alcohol motifs (C(OH)–C–C–N with tert-alkyl or cyclic N) is 1. The molecule has 2 amide bonds. The molecule has 3 aliphatic heterocycles. The van der Waals surface area contributed by atoms with E-state index < -0.39 is 0 Å². The highest BCUT2D eigenvalue weighted by Gasteiger charge is 2.46. The maximum absolute atomic E-state index is 12.5. The van der Waals surface area contributed by atoms with Gasteiger partial charge in [0.15, 0.2) is 0 Å². The molecule has 3 heterocycles. The van der Waals surface area contributed by atoms with Gasteiger partial charge in [0, 0.05) is 30.9 Å². The largest absolute Gasteiger partial charge is 0.389 e. The molecule has 1 aromatic carbocycles. The predicted molar refractivity (Wildman–Crippen MR) is 91.1 cm³/mol. The minimum absolute atomic E-state index is 0.00457. The summed E-state index contributed by atoms with van der Waals surface area (Å²) in [5, 5.41) is 13.1. The van der Waals surface area contributed by atoms with Gasteiger partial charge in [0.2, 0.25) is 0 Å². The minimum Gasteiger partial charge on any atom is -0.389 e. The molecule has 1 saturated carbocycles. The van der Waals surface area contributed by atoms with E-state index in [4.69, 9.17) is 11.6 Å². The molecule has 1 aromatic rings. The van der Waals surface area contributed by atoms with E-state index in [0.717, 1.165) is 36.6 Å². The Kier molecular flexibility index (Phi) is 3.65. The topological polar surface area (TPSA) is 55.8 Å². The number of nitrogens with one attached hydrogen (secondary N) is 1. The number of hydrogen-bond donors (Lipinski definition) is 2. The van der Waals surface area contributed by atoms with Crippen LogP contribution >= 0.6 is 11.6 Å². The van der Waals surface area contributed by atoms with Crippen molar-refractivity contribution < 1.29 is 9.90 Å². The molecule has 0 radical (unpaired) electrons. The van der Waals surface area contributed by atoms with Crippen molar-refractivity contribution in [1.82, 2.24) is 4.90 Å². The van der Waals surface area contributed by atoms with Gasteiger partial charge in [-0.25, -0.2) is 4.79 Å². The first-order valence-corrected chi connectivity index (χ1v) is 8.71. The summed E-state index contributed by atoms with van der Waals surface area (Å²) in [7, 11) is 0. The Hall–Kier alpha value is -1.46. The van der Waals surface area contributed by atoms with Crippen molar-refractivity contribution in [2.75, 3.05) is 23.3 Å². The molecular formula is C17H22ClN3O2. The molecule has 2 atom stereocenters. The number of anilines is 2. The van der Waals surface area contributed by atoms with Crippen molar-refractivity contribution in [3.63, 3.8) is 0 Å². The fourth-order valence-electron chi connectivity index (χ4n) is 4.15. The zero-order valence-electron chi connectivity index (χ0n) is 13.2. The molecule has 23 heavy (non-hydrogen) atoms. The molecular weight excluding hydrogens is 314 g/mol. The molecule has 6 heteroatoms. The van der Waals surface area contributed by atoms with E-state index in [1.54, 1.807) is 6.07 Å². The second kappa shape index (κ2) is 5.56. The molecule has 2 unspecified atom stereocenters. The van der Waals surface area contributed by atoms with Crippen molar-refractivity contribution in [2.45, 2.75) is 44.4 Å². The summed E-state index contributed by atoms with van der Waals surface area (Å²) in [6.07, 6.45) is 3.09. The van der Waals surface area contributed by atoms with Crippen LogP contribution < -0.4 is 10.2 Å². The Balaban J connectivity index is 1.45. The van der Waals surface area contributed by atoms with Crippen LogP contribution in [-0.2, 0) is 0 Å². The number of aliphatic hydroxyl groups excluding tert-OH is 1. The van der Waals surface area contributed by atoms with Crippen LogP contribution in [0.5, 0.6) is 0 Å². The smallest absolute Gasteiger partial charge is 0.322 e. The predicted octanol–water partition coefficient (Wildman–Crippen LogP) is 2.93. The summed E-state index contributed by atoms with van der Waals surface area (Å²) in [6.45, 7) is 3.44. The first-order valence-electron chi connectivity index (χ1n) is 8.33. The fourth-order valence-corrected chi connectivity index (χ4v) is 4.39. The number of carbonyl (C=O) groups excluding carboxylic acids is 1. The van der Waals surface area contributed by atoms with Gasteiger partial charge < -0.3 is 20.2 Å². The highest BCUT2D eigenvalue weighted by atomic mass is 35.5. The van der Waals surface area contributed by atoms with Gasteiger partial charge in [-0.05, 0) is 43.4 Å². The van der Waals surface area contributed by atoms with Crippen LogP contribution in [0.1, 0.15) is 26.2 Å². The Morgan fingerprint density at radius 3 is 2.61 bits per heavy atom. The summed E-state index contributed by atoms with van der Waals surface area (Å²) in [5.41, 5.74) is 1.63. The molecule has 1 aliphatic carbocycles. The van der Waals surface area contributed by atoms with Crippen molar-refractivity contribution in [3.05, 3.63) is 23.2 Å². The zero-order chi connectivity index (χ0) is 16.1. The van der Waals surface area contributed by atoms with Crippen LogP contribution in [0.4, 0.5) is 16.2 Å². The number of rotatable bonds is 2. The van der Waals surface area contributed by atoms with Gasteiger partial charge in [-0.15, -0.1) is 0 Å². The number of amides is 2. The van der Waals surface area contributed by atoms with Crippen molar-refractivity contribution in [3.8, 4) is 0 Å². The van der Waals surface area contributed by atoms with Gasteiger partial charge in [0.25, 0.3) is 0 Å². The van der Waals surface area contributed by atoms with E-state index in [-0.39, 0.29) is 12.1 Å². The highest BCUT2D eigenvalue weighted by Crippen LogP contribution is 2.41. The lowest BCUT2D eigenvalue weighted by atomic mass is 9.74. The van der Waals surface area contributed by atoms with Crippen molar-refractivity contribution in [2.24, 2.45) is 5.92 Å². The van der Waals surface area contributed by atoms with E-state index >= 15 is 0 Å². The van der Waals surface area contributed by atoms with Crippen LogP contribution in [0.25, 0.3) is 0 Å². The molecule has 2 bridgehead atoms. The maximum atomic E-state index is 12.5. The summed E-state index contributed by atoms with van der Waals surface area (Å²) in [4.78, 5) is 16.6. The monoisotopic (exact) mass is 335 g/mol. The van der Waals surface area contributed by atoms with Crippen molar-refractivity contribution in [1.29, 1.82) is 0 Å². The lowest BCUT2D eigenvalue weighted by molar-refractivity contribution is -0.00601. The summed E-state index contributed by atoms with van der Waals surface area (Å²) in [5.74, 6) is 0.725. The molecule has 4 fully saturated rings. The molecule has 2 N–H and O–H groups in total. The Morgan fingerprint density at radius 2 is 1.96 bits per heavy atom. The first-order chi connectivity index (χ1) is 11.0. The van der Waals surface area contributed by atoms with Crippen LogP contribution in [0.2, 0.25) is 5.02 Å². The quantitative estimate of drug-likeness (QED) is 0.873.